The summed E-state index contributed by atoms with van der Waals surface area (Å²) in [5, 5.41) is 0. The highest BCUT2D eigenvalue weighted by Gasteiger charge is 2.31. The van der Waals surface area contributed by atoms with Crippen LogP contribution in [0.3, 0.4) is 0 Å². The van der Waals surface area contributed by atoms with Gasteiger partial charge in [-0.1, -0.05) is 13.8 Å². The van der Waals surface area contributed by atoms with Crippen LogP contribution in [-0.4, -0.2) is 61.6 Å². The van der Waals surface area contributed by atoms with Crippen molar-refractivity contribution in [2.24, 2.45) is 0 Å². The van der Waals surface area contributed by atoms with Crippen molar-refractivity contribution in [1.29, 1.82) is 0 Å². The van der Waals surface area contributed by atoms with Gasteiger partial charge in [0.15, 0.2) is 0 Å². The number of hydrogen-bond acceptors (Lipinski definition) is 3. The van der Waals surface area contributed by atoms with E-state index in [4.69, 9.17) is 4.74 Å². The molecule has 1 heterocycles. The van der Waals surface area contributed by atoms with Crippen LogP contribution >= 0.6 is 0 Å². The van der Waals surface area contributed by atoms with Gasteiger partial charge in [-0.25, -0.2) is 4.79 Å². The molecule has 0 aromatic heterocycles. The van der Waals surface area contributed by atoms with Crippen molar-refractivity contribution < 1.29 is 14.3 Å². The first-order valence-corrected chi connectivity index (χ1v) is 8.59. The number of anilines is 1. The molecule has 0 unspecified atom stereocenters. The lowest BCUT2D eigenvalue weighted by atomic mass is 10.3. The number of benzene rings is 1. The summed E-state index contributed by atoms with van der Waals surface area (Å²) in [6.07, 6.45) is 1.86. The Balaban J connectivity index is 1.98. The van der Waals surface area contributed by atoms with Crippen LogP contribution < -0.4 is 9.64 Å². The van der Waals surface area contributed by atoms with Crippen LogP contribution in [0.4, 0.5) is 10.5 Å². The number of rotatable bonds is 8. The van der Waals surface area contributed by atoms with Gasteiger partial charge in [-0.3, -0.25) is 9.69 Å². The maximum Gasteiger partial charge on any atom is 0.325 e. The average Bonchev–Trinajstić information content (AvgIpc) is 2.95. The minimum atomic E-state index is -0.110. The highest BCUT2D eigenvalue weighted by Crippen LogP contribution is 2.23. The van der Waals surface area contributed by atoms with Gasteiger partial charge in [-0.15, -0.1) is 0 Å². The maximum atomic E-state index is 12.6. The lowest BCUT2D eigenvalue weighted by Crippen LogP contribution is -2.42. The summed E-state index contributed by atoms with van der Waals surface area (Å²) in [5.41, 5.74) is 0.828. The highest BCUT2D eigenvalue weighted by atomic mass is 16.5. The molecular formula is C18H27N3O3. The van der Waals surface area contributed by atoms with Crippen LogP contribution in [0.2, 0.25) is 0 Å². The van der Waals surface area contributed by atoms with Gasteiger partial charge in [0.05, 0.1) is 7.11 Å². The van der Waals surface area contributed by atoms with Crippen LogP contribution in [0.5, 0.6) is 5.75 Å². The van der Waals surface area contributed by atoms with Crippen LogP contribution in [0.1, 0.15) is 26.7 Å². The topological polar surface area (TPSA) is 53.1 Å². The third-order valence-corrected chi connectivity index (χ3v) is 4.14. The fourth-order valence-corrected chi connectivity index (χ4v) is 2.90. The fourth-order valence-electron chi connectivity index (χ4n) is 2.90. The molecule has 0 aliphatic carbocycles. The number of methoxy groups -OCH3 is 1. The zero-order chi connectivity index (χ0) is 17.5. The molecule has 6 heteroatoms. The quantitative estimate of drug-likeness (QED) is 0.735. The summed E-state index contributed by atoms with van der Waals surface area (Å²) in [4.78, 5) is 30.2. The lowest BCUT2D eigenvalue weighted by Gasteiger charge is -2.25. The van der Waals surface area contributed by atoms with E-state index in [1.54, 1.807) is 16.9 Å². The second-order valence-corrected chi connectivity index (χ2v) is 5.93. The SMILES string of the molecule is CCCN(CCC)C(=O)CN1CCN(c2ccc(OC)cc2)C1=O. The minimum absolute atomic E-state index is 0.0311. The van der Waals surface area contributed by atoms with Gasteiger partial charge in [0.1, 0.15) is 12.3 Å². The molecule has 1 saturated heterocycles. The smallest absolute Gasteiger partial charge is 0.325 e. The van der Waals surface area contributed by atoms with Crippen LogP contribution in [0.15, 0.2) is 24.3 Å². The second-order valence-electron chi connectivity index (χ2n) is 5.93. The van der Waals surface area contributed by atoms with Crippen molar-refractivity contribution in [3.8, 4) is 5.75 Å². The first kappa shape index (κ1) is 18.1. The molecule has 1 aliphatic heterocycles. The molecule has 1 aliphatic rings. The molecule has 0 radical (unpaired) electrons. The molecule has 0 saturated carbocycles. The molecule has 0 N–H and O–H groups in total. The van der Waals surface area contributed by atoms with Crippen LogP contribution in [0, 0.1) is 0 Å². The molecule has 3 amide bonds. The number of carbonyl (C=O) groups is 2. The van der Waals surface area contributed by atoms with E-state index in [9.17, 15) is 9.59 Å². The van der Waals surface area contributed by atoms with Crippen molar-refractivity contribution in [3.05, 3.63) is 24.3 Å². The molecule has 0 bridgehead atoms. The van der Waals surface area contributed by atoms with E-state index in [0.717, 1.165) is 37.4 Å². The monoisotopic (exact) mass is 333 g/mol. The highest BCUT2D eigenvalue weighted by molar-refractivity contribution is 5.96. The van der Waals surface area contributed by atoms with Gasteiger partial charge in [0, 0.05) is 31.9 Å². The maximum absolute atomic E-state index is 12.6. The Bertz CT molecular complexity index is 553. The molecule has 1 aromatic carbocycles. The van der Waals surface area contributed by atoms with E-state index >= 15 is 0 Å². The number of hydrogen-bond donors (Lipinski definition) is 0. The molecule has 24 heavy (non-hydrogen) atoms. The third-order valence-electron chi connectivity index (χ3n) is 4.14. The molecule has 1 fully saturated rings. The van der Waals surface area contributed by atoms with Gasteiger partial charge in [-0.05, 0) is 37.1 Å². The van der Waals surface area contributed by atoms with Crippen molar-refractivity contribution >= 4 is 17.6 Å². The molecule has 132 valence electrons. The fraction of sp³-hybridized carbons (Fsp3) is 0.556. The van der Waals surface area contributed by atoms with E-state index in [-0.39, 0.29) is 18.5 Å². The Morgan fingerprint density at radius 2 is 1.75 bits per heavy atom. The van der Waals surface area contributed by atoms with Gasteiger partial charge in [-0.2, -0.15) is 0 Å². The number of amides is 3. The molecular weight excluding hydrogens is 306 g/mol. The summed E-state index contributed by atoms with van der Waals surface area (Å²) < 4.78 is 5.14. The number of nitrogens with zero attached hydrogens (tertiary/aromatic N) is 3. The van der Waals surface area contributed by atoms with Gasteiger partial charge in [0.25, 0.3) is 0 Å². The Kier molecular flexibility index (Phi) is 6.46. The minimum Gasteiger partial charge on any atom is -0.497 e. The Morgan fingerprint density at radius 1 is 1.12 bits per heavy atom. The van der Waals surface area contributed by atoms with Crippen LogP contribution in [-0.2, 0) is 4.79 Å². The largest absolute Gasteiger partial charge is 0.497 e. The van der Waals surface area contributed by atoms with Gasteiger partial charge < -0.3 is 14.5 Å². The normalized spacial score (nSPS) is 14.2. The molecule has 1 aromatic rings. The standard InChI is InChI=1S/C18H27N3O3/c1-4-10-19(11-5-2)17(22)14-20-12-13-21(18(20)23)15-6-8-16(24-3)9-7-15/h6-9H,4-5,10-14H2,1-3H3. The Morgan fingerprint density at radius 3 is 2.29 bits per heavy atom. The van der Waals surface area contributed by atoms with E-state index < -0.39 is 0 Å². The van der Waals surface area contributed by atoms with Crippen molar-refractivity contribution in [3.63, 3.8) is 0 Å². The average molecular weight is 333 g/mol. The second kappa shape index (κ2) is 8.57. The van der Waals surface area contributed by atoms with Crippen molar-refractivity contribution in [2.75, 3.05) is 44.7 Å². The van der Waals surface area contributed by atoms with E-state index in [0.29, 0.717) is 13.1 Å². The van der Waals surface area contributed by atoms with E-state index in [1.807, 2.05) is 29.2 Å². The summed E-state index contributed by atoms with van der Waals surface area (Å²) >= 11 is 0. The zero-order valence-electron chi connectivity index (χ0n) is 14.8. The number of carbonyl (C=O) groups excluding carboxylic acids is 2. The number of ether oxygens (including phenoxy) is 1. The summed E-state index contributed by atoms with van der Waals surface area (Å²) in [6.45, 7) is 6.94. The lowest BCUT2D eigenvalue weighted by molar-refractivity contribution is -0.131. The third kappa shape index (κ3) is 4.19. The predicted molar refractivity (Wildman–Crippen MR) is 94.5 cm³/mol. The predicted octanol–water partition coefficient (Wildman–Crippen LogP) is 2.59. The van der Waals surface area contributed by atoms with Crippen LogP contribution in [0.25, 0.3) is 0 Å². The van der Waals surface area contributed by atoms with Crippen molar-refractivity contribution in [1.82, 2.24) is 9.80 Å². The summed E-state index contributed by atoms with van der Waals surface area (Å²) in [5.74, 6) is 0.788. The molecule has 0 atom stereocenters. The summed E-state index contributed by atoms with van der Waals surface area (Å²) in [7, 11) is 1.61. The van der Waals surface area contributed by atoms with Gasteiger partial charge >= 0.3 is 6.03 Å². The van der Waals surface area contributed by atoms with E-state index in [2.05, 4.69) is 13.8 Å². The molecule has 6 nitrogen and oxygen atoms in total. The summed E-state index contributed by atoms with van der Waals surface area (Å²) in [6, 6.07) is 7.29. The first-order chi connectivity index (χ1) is 11.6. The van der Waals surface area contributed by atoms with Gasteiger partial charge in [0.2, 0.25) is 5.91 Å². The Labute approximate surface area is 144 Å². The molecule has 2 rings (SSSR count). The van der Waals surface area contributed by atoms with E-state index in [1.165, 1.54) is 0 Å². The zero-order valence-corrected chi connectivity index (χ0v) is 14.8. The van der Waals surface area contributed by atoms with Crippen molar-refractivity contribution in [2.45, 2.75) is 26.7 Å². The molecule has 0 spiro atoms. The number of urea groups is 1. The first-order valence-electron chi connectivity index (χ1n) is 8.59. The Hall–Kier alpha value is -2.24.